The highest BCUT2D eigenvalue weighted by molar-refractivity contribution is 5.95. The smallest absolute Gasteiger partial charge is 0.252 e. The zero-order valence-corrected chi connectivity index (χ0v) is 18.7. The summed E-state index contributed by atoms with van der Waals surface area (Å²) in [4.78, 5) is 21.7. The van der Waals surface area contributed by atoms with Crippen molar-refractivity contribution < 1.29 is 13.9 Å². The van der Waals surface area contributed by atoms with E-state index in [4.69, 9.17) is 4.74 Å². The topological polar surface area (TPSA) is 69.0 Å². The van der Waals surface area contributed by atoms with E-state index in [1.54, 1.807) is 49.1 Å². The molecule has 33 heavy (non-hydrogen) atoms. The standard InChI is InChI=1S/C26H25FN4O2/c1-17-12-21(13-18(2)24(17)33-16-19-6-5-9-28-15-19)26(32)30-23(25-29-10-11-31(25)3)20-7-4-8-22(27)14-20/h4-15,23H,16H2,1-3H3,(H,30,32). The first kappa shape index (κ1) is 22.2. The maximum atomic E-state index is 13.9. The van der Waals surface area contributed by atoms with E-state index in [1.807, 2.05) is 37.6 Å². The van der Waals surface area contributed by atoms with Gasteiger partial charge in [0.15, 0.2) is 0 Å². The summed E-state index contributed by atoms with van der Waals surface area (Å²) in [7, 11) is 1.84. The minimum atomic E-state index is -0.602. The molecule has 0 aliphatic rings. The lowest BCUT2D eigenvalue weighted by atomic mass is 10.0. The molecule has 6 nitrogen and oxygen atoms in total. The van der Waals surface area contributed by atoms with Crippen LogP contribution in [0.1, 0.15) is 44.5 Å². The van der Waals surface area contributed by atoms with Crippen LogP contribution in [0.3, 0.4) is 0 Å². The first-order chi connectivity index (χ1) is 15.9. The summed E-state index contributed by atoms with van der Waals surface area (Å²) in [6.07, 6.45) is 6.92. The van der Waals surface area contributed by atoms with Gasteiger partial charge in [-0.05, 0) is 60.9 Å². The molecule has 1 atom stereocenters. The first-order valence-corrected chi connectivity index (χ1v) is 10.6. The molecule has 0 fully saturated rings. The van der Waals surface area contributed by atoms with E-state index in [0.29, 0.717) is 23.6 Å². The number of hydrogen-bond donors (Lipinski definition) is 1. The van der Waals surface area contributed by atoms with Crippen LogP contribution in [-0.2, 0) is 13.7 Å². The Balaban J connectivity index is 1.58. The summed E-state index contributed by atoms with van der Waals surface area (Å²) in [6, 6.07) is 13.0. The predicted octanol–water partition coefficient (Wildman–Crippen LogP) is 4.67. The van der Waals surface area contributed by atoms with Gasteiger partial charge in [-0.25, -0.2) is 9.37 Å². The zero-order chi connectivity index (χ0) is 23.4. The molecule has 0 aliphatic carbocycles. The van der Waals surface area contributed by atoms with Gasteiger partial charge in [0.05, 0.1) is 0 Å². The number of amides is 1. The van der Waals surface area contributed by atoms with Crippen molar-refractivity contribution in [2.75, 3.05) is 0 Å². The van der Waals surface area contributed by atoms with Gasteiger partial charge in [0.2, 0.25) is 0 Å². The summed E-state index contributed by atoms with van der Waals surface area (Å²) in [5.41, 5.74) is 3.77. The number of rotatable bonds is 7. The third kappa shape index (κ3) is 5.09. The van der Waals surface area contributed by atoms with Crippen LogP contribution in [0.2, 0.25) is 0 Å². The molecule has 0 aliphatic heterocycles. The van der Waals surface area contributed by atoms with Crippen LogP contribution in [0, 0.1) is 19.7 Å². The van der Waals surface area contributed by atoms with Gasteiger partial charge in [-0.15, -0.1) is 0 Å². The molecule has 4 rings (SSSR count). The number of hydrogen-bond acceptors (Lipinski definition) is 4. The van der Waals surface area contributed by atoms with Gasteiger partial charge in [0.25, 0.3) is 5.91 Å². The highest BCUT2D eigenvalue weighted by atomic mass is 19.1. The number of carbonyl (C=O) groups excluding carboxylic acids is 1. The Bertz CT molecular complexity index is 1250. The second-order valence-corrected chi connectivity index (χ2v) is 7.95. The highest BCUT2D eigenvalue weighted by Gasteiger charge is 2.23. The van der Waals surface area contributed by atoms with E-state index in [9.17, 15) is 9.18 Å². The Kier molecular flexibility index (Phi) is 6.49. The van der Waals surface area contributed by atoms with Crippen molar-refractivity contribution in [3.63, 3.8) is 0 Å². The molecule has 0 radical (unpaired) electrons. The van der Waals surface area contributed by atoms with E-state index in [1.165, 1.54) is 12.1 Å². The number of nitrogens with zero attached hydrogens (tertiary/aromatic N) is 3. The summed E-state index contributed by atoms with van der Waals surface area (Å²) in [5, 5.41) is 3.01. The Morgan fingerprint density at radius 1 is 1.12 bits per heavy atom. The average molecular weight is 445 g/mol. The maximum absolute atomic E-state index is 13.9. The molecular weight excluding hydrogens is 419 g/mol. The molecule has 2 aromatic carbocycles. The first-order valence-electron chi connectivity index (χ1n) is 10.6. The van der Waals surface area contributed by atoms with Gasteiger partial charge >= 0.3 is 0 Å². The molecule has 1 N–H and O–H groups in total. The Labute approximate surface area is 192 Å². The fourth-order valence-electron chi connectivity index (χ4n) is 3.80. The van der Waals surface area contributed by atoms with Crippen molar-refractivity contribution in [2.45, 2.75) is 26.5 Å². The molecule has 1 amide bonds. The third-order valence-electron chi connectivity index (χ3n) is 5.40. The van der Waals surface area contributed by atoms with E-state index in [0.717, 1.165) is 22.4 Å². The van der Waals surface area contributed by atoms with Crippen molar-refractivity contribution in [1.29, 1.82) is 0 Å². The molecule has 0 bridgehead atoms. The Morgan fingerprint density at radius 2 is 1.91 bits per heavy atom. The van der Waals surface area contributed by atoms with Crippen LogP contribution < -0.4 is 10.1 Å². The number of halogens is 1. The highest BCUT2D eigenvalue weighted by Crippen LogP contribution is 2.27. The molecule has 0 saturated heterocycles. The van der Waals surface area contributed by atoms with Crippen LogP contribution in [0.15, 0.2) is 73.3 Å². The Hall–Kier alpha value is -4.00. The second-order valence-electron chi connectivity index (χ2n) is 7.95. The lowest BCUT2D eigenvalue weighted by molar-refractivity contribution is 0.0941. The van der Waals surface area contributed by atoms with Crippen molar-refractivity contribution in [2.24, 2.45) is 7.05 Å². The minimum absolute atomic E-state index is 0.280. The molecular formula is C26H25FN4O2. The number of aryl methyl sites for hydroxylation is 3. The molecule has 2 aromatic heterocycles. The molecule has 1 unspecified atom stereocenters. The van der Waals surface area contributed by atoms with Crippen molar-refractivity contribution in [1.82, 2.24) is 19.9 Å². The quantitative estimate of drug-likeness (QED) is 0.450. The fraction of sp³-hybridized carbons (Fsp3) is 0.192. The summed E-state index contributed by atoms with van der Waals surface area (Å²) >= 11 is 0. The number of aromatic nitrogens is 3. The normalized spacial score (nSPS) is 11.8. The lowest BCUT2D eigenvalue weighted by Gasteiger charge is -2.20. The number of pyridine rings is 1. The van der Waals surface area contributed by atoms with E-state index < -0.39 is 6.04 Å². The van der Waals surface area contributed by atoms with Crippen LogP contribution >= 0.6 is 0 Å². The van der Waals surface area contributed by atoms with Crippen LogP contribution in [0.25, 0.3) is 0 Å². The lowest BCUT2D eigenvalue weighted by Crippen LogP contribution is -2.31. The van der Waals surface area contributed by atoms with Gasteiger partial charge in [0, 0.05) is 43.0 Å². The van der Waals surface area contributed by atoms with Gasteiger partial charge in [-0.3, -0.25) is 9.78 Å². The van der Waals surface area contributed by atoms with Crippen molar-refractivity contribution in [3.05, 3.63) is 113 Å². The van der Waals surface area contributed by atoms with Crippen LogP contribution in [0.5, 0.6) is 5.75 Å². The number of imidazole rings is 1. The summed E-state index contributed by atoms with van der Waals surface area (Å²) in [6.45, 7) is 4.21. The van der Waals surface area contributed by atoms with Crippen LogP contribution in [-0.4, -0.2) is 20.4 Å². The van der Waals surface area contributed by atoms with E-state index in [-0.39, 0.29) is 11.7 Å². The molecule has 7 heteroatoms. The van der Waals surface area contributed by atoms with Crippen molar-refractivity contribution >= 4 is 5.91 Å². The fourth-order valence-corrected chi connectivity index (χ4v) is 3.80. The minimum Gasteiger partial charge on any atom is -0.488 e. The van der Waals surface area contributed by atoms with Crippen molar-refractivity contribution in [3.8, 4) is 5.75 Å². The SMILES string of the molecule is Cc1cc(C(=O)NC(c2cccc(F)c2)c2nccn2C)cc(C)c1OCc1cccnc1. The summed E-state index contributed by atoms with van der Waals surface area (Å²) in [5.74, 6) is 0.694. The molecule has 2 heterocycles. The summed E-state index contributed by atoms with van der Waals surface area (Å²) < 4.78 is 21.7. The molecule has 4 aromatic rings. The average Bonchev–Trinajstić information content (AvgIpc) is 3.22. The second kappa shape index (κ2) is 9.65. The van der Waals surface area contributed by atoms with Gasteiger partial charge < -0.3 is 14.6 Å². The number of nitrogens with one attached hydrogen (secondary N) is 1. The largest absolute Gasteiger partial charge is 0.488 e. The number of benzene rings is 2. The van der Waals surface area contributed by atoms with E-state index >= 15 is 0 Å². The van der Waals surface area contributed by atoms with Gasteiger partial charge in [-0.1, -0.05) is 18.2 Å². The molecule has 0 saturated carbocycles. The Morgan fingerprint density at radius 3 is 2.55 bits per heavy atom. The van der Waals surface area contributed by atoms with E-state index in [2.05, 4.69) is 15.3 Å². The van der Waals surface area contributed by atoms with Gasteiger partial charge in [0.1, 0.15) is 30.0 Å². The van der Waals surface area contributed by atoms with Crippen LogP contribution in [0.4, 0.5) is 4.39 Å². The molecule has 168 valence electrons. The number of ether oxygens (including phenoxy) is 1. The van der Waals surface area contributed by atoms with Gasteiger partial charge in [-0.2, -0.15) is 0 Å². The molecule has 0 spiro atoms. The monoisotopic (exact) mass is 444 g/mol. The number of carbonyl (C=O) groups is 1. The maximum Gasteiger partial charge on any atom is 0.252 e. The predicted molar refractivity (Wildman–Crippen MR) is 123 cm³/mol. The third-order valence-corrected chi connectivity index (χ3v) is 5.40. The zero-order valence-electron chi connectivity index (χ0n) is 18.7.